The van der Waals surface area contributed by atoms with Gasteiger partial charge in [0.25, 0.3) is 5.91 Å². The Hall–Kier alpha value is -2.02. The minimum atomic E-state index is -0.705. The van der Waals surface area contributed by atoms with E-state index in [0.29, 0.717) is 17.2 Å². The summed E-state index contributed by atoms with van der Waals surface area (Å²) in [5, 5.41) is 12.3. The summed E-state index contributed by atoms with van der Waals surface area (Å²) in [7, 11) is 1.59. The van der Waals surface area contributed by atoms with E-state index in [1.165, 1.54) is 0 Å². The molecule has 106 valence electrons. The molecule has 4 nitrogen and oxygen atoms in total. The largest absolute Gasteiger partial charge is 0.497 e. The zero-order valence-corrected chi connectivity index (χ0v) is 12.0. The van der Waals surface area contributed by atoms with Crippen LogP contribution < -0.4 is 10.1 Å². The molecule has 20 heavy (non-hydrogen) atoms. The summed E-state index contributed by atoms with van der Waals surface area (Å²) < 4.78 is 5.07. The molecule has 0 heterocycles. The molecule has 1 saturated carbocycles. The summed E-state index contributed by atoms with van der Waals surface area (Å²) in [6, 6.07) is 9.22. The van der Waals surface area contributed by atoms with Crippen molar-refractivity contribution in [2.24, 2.45) is 5.92 Å². The Bertz CT molecular complexity index is 508. The standard InChI is InChI=1S/C16H20N2O2/c1-12-7-9-16(11-17,10-8-12)18-15(19)13-3-5-14(20-2)6-4-13/h3-6,12H,7-10H2,1-2H3,(H,18,19). The Balaban J connectivity index is 2.07. The molecule has 1 aromatic rings. The molecule has 1 amide bonds. The van der Waals surface area contributed by atoms with Crippen LogP contribution in [0.15, 0.2) is 24.3 Å². The van der Waals surface area contributed by atoms with Crippen molar-refractivity contribution in [2.45, 2.75) is 38.1 Å². The molecule has 0 bridgehead atoms. The summed E-state index contributed by atoms with van der Waals surface area (Å²) in [5.41, 5.74) is -0.150. The number of hydrogen-bond donors (Lipinski definition) is 1. The Labute approximate surface area is 119 Å². The van der Waals surface area contributed by atoms with Crippen LogP contribution in [0.3, 0.4) is 0 Å². The van der Waals surface area contributed by atoms with Gasteiger partial charge < -0.3 is 10.1 Å². The molecule has 0 unspecified atom stereocenters. The second-order valence-electron chi connectivity index (χ2n) is 5.56. The van der Waals surface area contributed by atoms with Gasteiger partial charge in [0.05, 0.1) is 13.2 Å². The number of rotatable bonds is 3. The highest BCUT2D eigenvalue weighted by Crippen LogP contribution is 2.31. The fraction of sp³-hybridized carbons (Fsp3) is 0.500. The topological polar surface area (TPSA) is 62.1 Å². The number of amides is 1. The number of carbonyl (C=O) groups is 1. The number of nitriles is 1. The minimum absolute atomic E-state index is 0.191. The molecule has 0 saturated heterocycles. The third kappa shape index (κ3) is 3.11. The maximum absolute atomic E-state index is 12.3. The lowest BCUT2D eigenvalue weighted by molar-refractivity contribution is 0.0894. The van der Waals surface area contributed by atoms with Crippen molar-refractivity contribution in [3.8, 4) is 11.8 Å². The predicted octanol–water partition coefficient (Wildman–Crippen LogP) is 2.90. The van der Waals surface area contributed by atoms with Gasteiger partial charge in [-0.1, -0.05) is 6.92 Å². The Morgan fingerprint density at radius 2 is 1.95 bits per heavy atom. The van der Waals surface area contributed by atoms with Crippen LogP contribution in [-0.4, -0.2) is 18.6 Å². The van der Waals surface area contributed by atoms with Gasteiger partial charge in [0.2, 0.25) is 0 Å². The van der Waals surface area contributed by atoms with Gasteiger partial charge in [-0.3, -0.25) is 4.79 Å². The van der Waals surface area contributed by atoms with Crippen molar-refractivity contribution < 1.29 is 9.53 Å². The first-order valence-electron chi connectivity index (χ1n) is 6.96. The number of methoxy groups -OCH3 is 1. The highest BCUT2D eigenvalue weighted by molar-refractivity contribution is 5.95. The predicted molar refractivity (Wildman–Crippen MR) is 76.4 cm³/mol. The van der Waals surface area contributed by atoms with Crippen molar-refractivity contribution in [1.29, 1.82) is 5.26 Å². The van der Waals surface area contributed by atoms with E-state index < -0.39 is 5.54 Å². The molecule has 0 spiro atoms. The van der Waals surface area contributed by atoms with E-state index in [9.17, 15) is 10.1 Å². The van der Waals surface area contributed by atoms with Crippen LogP contribution in [0.2, 0.25) is 0 Å². The maximum Gasteiger partial charge on any atom is 0.252 e. The van der Waals surface area contributed by atoms with Crippen LogP contribution in [0.1, 0.15) is 43.0 Å². The van der Waals surface area contributed by atoms with Crippen molar-refractivity contribution in [3.05, 3.63) is 29.8 Å². The van der Waals surface area contributed by atoms with E-state index in [-0.39, 0.29) is 5.91 Å². The van der Waals surface area contributed by atoms with Gasteiger partial charge in [-0.15, -0.1) is 0 Å². The normalized spacial score (nSPS) is 25.6. The van der Waals surface area contributed by atoms with E-state index >= 15 is 0 Å². The lowest BCUT2D eigenvalue weighted by Gasteiger charge is -2.34. The van der Waals surface area contributed by atoms with Crippen LogP contribution in [0.25, 0.3) is 0 Å². The second kappa shape index (κ2) is 5.96. The molecule has 0 aliphatic heterocycles. The van der Waals surface area contributed by atoms with Crippen LogP contribution in [-0.2, 0) is 0 Å². The third-order valence-corrected chi connectivity index (χ3v) is 4.05. The Kier molecular flexibility index (Phi) is 4.29. The summed E-state index contributed by atoms with van der Waals surface area (Å²) in [6.45, 7) is 2.19. The Morgan fingerprint density at radius 3 is 2.45 bits per heavy atom. The van der Waals surface area contributed by atoms with Crippen molar-refractivity contribution >= 4 is 5.91 Å². The summed E-state index contributed by atoms with van der Waals surface area (Å²) in [5.74, 6) is 1.15. The molecule has 4 heteroatoms. The molecule has 1 aliphatic carbocycles. The summed E-state index contributed by atoms with van der Waals surface area (Å²) in [6.07, 6.45) is 3.42. The molecule has 1 fully saturated rings. The molecule has 1 N–H and O–H groups in total. The van der Waals surface area contributed by atoms with Gasteiger partial charge in [0.15, 0.2) is 0 Å². The zero-order chi connectivity index (χ0) is 14.6. The molecule has 0 atom stereocenters. The quantitative estimate of drug-likeness (QED) is 0.920. The van der Waals surface area contributed by atoms with Crippen molar-refractivity contribution in [3.63, 3.8) is 0 Å². The molecule has 2 rings (SSSR count). The van der Waals surface area contributed by atoms with E-state index in [2.05, 4.69) is 18.3 Å². The number of nitrogens with zero attached hydrogens (tertiary/aromatic N) is 1. The van der Waals surface area contributed by atoms with Crippen LogP contribution in [0.5, 0.6) is 5.75 Å². The van der Waals surface area contributed by atoms with Gasteiger partial charge in [-0.25, -0.2) is 0 Å². The first-order chi connectivity index (χ1) is 9.58. The highest BCUT2D eigenvalue weighted by atomic mass is 16.5. The van der Waals surface area contributed by atoms with Crippen LogP contribution in [0, 0.1) is 17.2 Å². The smallest absolute Gasteiger partial charge is 0.252 e. The van der Waals surface area contributed by atoms with Crippen LogP contribution >= 0.6 is 0 Å². The first-order valence-corrected chi connectivity index (χ1v) is 6.96. The first kappa shape index (κ1) is 14.4. The molecular formula is C16H20N2O2. The third-order valence-electron chi connectivity index (χ3n) is 4.05. The SMILES string of the molecule is COc1ccc(C(=O)NC2(C#N)CCC(C)CC2)cc1. The number of benzene rings is 1. The monoisotopic (exact) mass is 272 g/mol. The van der Waals surface area contributed by atoms with Gasteiger partial charge in [0.1, 0.15) is 11.3 Å². The summed E-state index contributed by atoms with van der Waals surface area (Å²) >= 11 is 0. The molecule has 1 aliphatic rings. The van der Waals surface area contributed by atoms with E-state index in [0.717, 1.165) is 25.7 Å². The van der Waals surface area contributed by atoms with Crippen molar-refractivity contribution in [2.75, 3.05) is 7.11 Å². The number of nitrogens with one attached hydrogen (secondary N) is 1. The van der Waals surface area contributed by atoms with Gasteiger partial charge >= 0.3 is 0 Å². The minimum Gasteiger partial charge on any atom is -0.497 e. The van der Waals surface area contributed by atoms with Gasteiger partial charge in [0, 0.05) is 5.56 Å². The number of carbonyl (C=O) groups excluding carboxylic acids is 1. The fourth-order valence-electron chi connectivity index (χ4n) is 2.55. The number of ether oxygens (including phenoxy) is 1. The Morgan fingerprint density at radius 1 is 1.35 bits per heavy atom. The second-order valence-corrected chi connectivity index (χ2v) is 5.56. The molecule has 0 aromatic heterocycles. The zero-order valence-electron chi connectivity index (χ0n) is 12.0. The summed E-state index contributed by atoms with van der Waals surface area (Å²) in [4.78, 5) is 12.3. The van der Waals surface area contributed by atoms with E-state index in [1.54, 1.807) is 31.4 Å². The lowest BCUT2D eigenvalue weighted by Crippen LogP contribution is -2.49. The number of hydrogen-bond acceptors (Lipinski definition) is 3. The van der Waals surface area contributed by atoms with Gasteiger partial charge in [-0.2, -0.15) is 5.26 Å². The highest BCUT2D eigenvalue weighted by Gasteiger charge is 2.35. The average Bonchev–Trinajstić information content (AvgIpc) is 2.50. The fourth-order valence-corrected chi connectivity index (χ4v) is 2.55. The van der Waals surface area contributed by atoms with Crippen LogP contribution in [0.4, 0.5) is 0 Å². The van der Waals surface area contributed by atoms with E-state index in [4.69, 9.17) is 4.74 Å². The van der Waals surface area contributed by atoms with Gasteiger partial charge in [-0.05, 0) is 55.9 Å². The van der Waals surface area contributed by atoms with Crippen molar-refractivity contribution in [1.82, 2.24) is 5.32 Å². The molecule has 0 radical (unpaired) electrons. The lowest BCUT2D eigenvalue weighted by atomic mass is 9.78. The van der Waals surface area contributed by atoms with E-state index in [1.807, 2.05) is 0 Å². The molecular weight excluding hydrogens is 252 g/mol. The molecule has 1 aromatic carbocycles. The maximum atomic E-state index is 12.3. The average molecular weight is 272 g/mol.